The first-order valence-electron chi connectivity index (χ1n) is 4.91. The van der Waals surface area contributed by atoms with Gasteiger partial charge in [-0.15, -0.1) is 11.8 Å². The van der Waals surface area contributed by atoms with Gasteiger partial charge in [-0.2, -0.15) is 0 Å². The Morgan fingerprint density at radius 3 is 2.76 bits per heavy atom. The van der Waals surface area contributed by atoms with Crippen LogP contribution in [0, 0.1) is 5.82 Å². The van der Waals surface area contributed by atoms with Crippen LogP contribution < -0.4 is 10.5 Å². The molecule has 0 saturated carbocycles. The number of hydrogen-bond donors (Lipinski definition) is 1. The molecule has 0 spiro atoms. The standard InChI is InChI=1S/C11H14FNO3S/c1-15-9-6-10(8(13)5-7(9)12)17-4-3-11(14)16-2/h5-6H,3-4,13H2,1-2H3. The van der Waals surface area contributed by atoms with Crippen LogP contribution in [-0.2, 0) is 9.53 Å². The Kier molecular flexibility index (Phi) is 5.09. The monoisotopic (exact) mass is 259 g/mol. The van der Waals surface area contributed by atoms with Gasteiger partial charge in [-0.05, 0) is 6.07 Å². The molecule has 0 heterocycles. The second kappa shape index (κ2) is 6.34. The zero-order chi connectivity index (χ0) is 12.8. The van der Waals surface area contributed by atoms with Crippen LogP contribution in [0.1, 0.15) is 6.42 Å². The highest BCUT2D eigenvalue weighted by molar-refractivity contribution is 7.99. The van der Waals surface area contributed by atoms with Gasteiger partial charge in [0.05, 0.1) is 20.6 Å². The van der Waals surface area contributed by atoms with E-state index < -0.39 is 5.82 Å². The number of nitrogen functional groups attached to an aromatic ring is 1. The average molecular weight is 259 g/mol. The predicted octanol–water partition coefficient (Wildman–Crippen LogP) is 2.07. The number of rotatable bonds is 5. The minimum atomic E-state index is -0.498. The van der Waals surface area contributed by atoms with Crippen molar-refractivity contribution in [2.24, 2.45) is 0 Å². The van der Waals surface area contributed by atoms with Crippen molar-refractivity contribution in [2.45, 2.75) is 11.3 Å². The molecule has 0 saturated heterocycles. The Hall–Kier alpha value is -1.43. The lowest BCUT2D eigenvalue weighted by Crippen LogP contribution is -2.01. The summed E-state index contributed by atoms with van der Waals surface area (Å²) in [6.07, 6.45) is 0.278. The Morgan fingerprint density at radius 2 is 2.18 bits per heavy atom. The number of ether oxygens (including phenoxy) is 2. The number of esters is 1. The molecule has 6 heteroatoms. The number of thioether (sulfide) groups is 1. The molecular formula is C11H14FNO3S. The lowest BCUT2D eigenvalue weighted by molar-refractivity contribution is -0.140. The van der Waals surface area contributed by atoms with Gasteiger partial charge in [-0.3, -0.25) is 4.79 Å². The fourth-order valence-corrected chi connectivity index (χ4v) is 2.08. The van der Waals surface area contributed by atoms with Crippen molar-refractivity contribution in [1.29, 1.82) is 0 Å². The van der Waals surface area contributed by atoms with E-state index in [0.717, 1.165) is 0 Å². The molecule has 0 aliphatic carbocycles. The van der Waals surface area contributed by atoms with E-state index in [1.807, 2.05) is 0 Å². The van der Waals surface area contributed by atoms with Crippen LogP contribution in [0.2, 0.25) is 0 Å². The van der Waals surface area contributed by atoms with Gasteiger partial charge in [0.1, 0.15) is 0 Å². The van der Waals surface area contributed by atoms with E-state index in [2.05, 4.69) is 4.74 Å². The summed E-state index contributed by atoms with van der Waals surface area (Å²) in [5.41, 5.74) is 5.99. The molecule has 1 aromatic carbocycles. The summed E-state index contributed by atoms with van der Waals surface area (Å²) in [5, 5.41) is 0. The first-order valence-corrected chi connectivity index (χ1v) is 5.89. The number of anilines is 1. The highest BCUT2D eigenvalue weighted by atomic mass is 32.2. The summed E-state index contributed by atoms with van der Waals surface area (Å²) in [6.45, 7) is 0. The second-order valence-electron chi connectivity index (χ2n) is 3.20. The third-order valence-corrected chi connectivity index (χ3v) is 3.15. The number of carbonyl (C=O) groups is 1. The van der Waals surface area contributed by atoms with Crippen LogP contribution in [0.4, 0.5) is 10.1 Å². The molecular weight excluding hydrogens is 245 g/mol. The van der Waals surface area contributed by atoms with Crippen LogP contribution in [0.15, 0.2) is 17.0 Å². The molecule has 0 aliphatic heterocycles. The molecule has 94 valence electrons. The van der Waals surface area contributed by atoms with E-state index in [9.17, 15) is 9.18 Å². The number of carbonyl (C=O) groups excluding carboxylic acids is 1. The van der Waals surface area contributed by atoms with Gasteiger partial charge in [0.25, 0.3) is 0 Å². The highest BCUT2D eigenvalue weighted by Crippen LogP contribution is 2.31. The molecule has 17 heavy (non-hydrogen) atoms. The van der Waals surface area contributed by atoms with Crippen molar-refractivity contribution < 1.29 is 18.7 Å². The van der Waals surface area contributed by atoms with Crippen molar-refractivity contribution in [2.75, 3.05) is 25.7 Å². The number of methoxy groups -OCH3 is 2. The summed E-state index contributed by atoms with van der Waals surface area (Å²) in [4.78, 5) is 11.6. The summed E-state index contributed by atoms with van der Waals surface area (Å²) < 4.78 is 22.6. The molecule has 0 fully saturated rings. The van der Waals surface area contributed by atoms with Gasteiger partial charge in [0.15, 0.2) is 11.6 Å². The molecule has 0 bridgehead atoms. The minimum absolute atomic E-state index is 0.139. The molecule has 0 amide bonds. The van der Waals surface area contributed by atoms with Crippen LogP contribution in [0.25, 0.3) is 0 Å². The third kappa shape index (κ3) is 3.81. The van der Waals surface area contributed by atoms with E-state index in [1.165, 1.54) is 38.1 Å². The molecule has 0 unspecified atom stereocenters. The van der Waals surface area contributed by atoms with Crippen LogP contribution in [0.5, 0.6) is 5.75 Å². The van der Waals surface area contributed by atoms with E-state index in [0.29, 0.717) is 16.3 Å². The van der Waals surface area contributed by atoms with Gasteiger partial charge in [0, 0.05) is 22.4 Å². The van der Waals surface area contributed by atoms with Crippen molar-refractivity contribution >= 4 is 23.4 Å². The van der Waals surface area contributed by atoms with Crippen molar-refractivity contribution in [3.8, 4) is 5.75 Å². The SMILES string of the molecule is COC(=O)CCSc1cc(OC)c(F)cc1N. The molecule has 0 aromatic heterocycles. The fraction of sp³-hybridized carbons (Fsp3) is 0.364. The smallest absolute Gasteiger partial charge is 0.306 e. The van der Waals surface area contributed by atoms with Gasteiger partial charge >= 0.3 is 5.97 Å². The second-order valence-corrected chi connectivity index (χ2v) is 4.34. The van der Waals surface area contributed by atoms with Crippen LogP contribution in [0.3, 0.4) is 0 Å². The van der Waals surface area contributed by atoms with Crippen molar-refractivity contribution in [3.05, 3.63) is 17.9 Å². The Balaban J connectivity index is 2.67. The molecule has 4 nitrogen and oxygen atoms in total. The van der Waals surface area contributed by atoms with Crippen LogP contribution in [-0.4, -0.2) is 25.9 Å². The molecule has 1 aromatic rings. The maximum absolute atomic E-state index is 13.2. The first kappa shape index (κ1) is 13.6. The molecule has 0 aliphatic rings. The van der Waals surface area contributed by atoms with Gasteiger partial charge in [-0.1, -0.05) is 0 Å². The van der Waals surface area contributed by atoms with E-state index in [-0.39, 0.29) is 18.1 Å². The maximum atomic E-state index is 13.2. The molecule has 0 atom stereocenters. The van der Waals surface area contributed by atoms with E-state index >= 15 is 0 Å². The number of benzene rings is 1. The summed E-state index contributed by atoms with van der Waals surface area (Å²) in [6, 6.07) is 2.73. The highest BCUT2D eigenvalue weighted by Gasteiger charge is 2.09. The van der Waals surface area contributed by atoms with E-state index in [1.54, 1.807) is 0 Å². The Labute approximate surface area is 103 Å². The van der Waals surface area contributed by atoms with Crippen molar-refractivity contribution in [3.63, 3.8) is 0 Å². The number of halogens is 1. The summed E-state index contributed by atoms with van der Waals surface area (Å²) in [7, 11) is 2.72. The largest absolute Gasteiger partial charge is 0.494 e. The van der Waals surface area contributed by atoms with Gasteiger partial charge in [0.2, 0.25) is 0 Å². The number of nitrogens with two attached hydrogens (primary N) is 1. The van der Waals surface area contributed by atoms with E-state index in [4.69, 9.17) is 10.5 Å². The first-order chi connectivity index (χ1) is 8.08. The number of hydrogen-bond acceptors (Lipinski definition) is 5. The van der Waals surface area contributed by atoms with Crippen LogP contribution >= 0.6 is 11.8 Å². The lowest BCUT2D eigenvalue weighted by Gasteiger charge is -2.08. The zero-order valence-electron chi connectivity index (χ0n) is 9.66. The Morgan fingerprint density at radius 1 is 1.47 bits per heavy atom. The average Bonchev–Trinajstić information content (AvgIpc) is 2.31. The topological polar surface area (TPSA) is 61.5 Å². The minimum Gasteiger partial charge on any atom is -0.494 e. The molecule has 0 radical (unpaired) electrons. The Bertz CT molecular complexity index is 412. The fourth-order valence-electron chi connectivity index (χ4n) is 1.18. The summed E-state index contributed by atoms with van der Waals surface area (Å²) in [5.74, 6) is -0.127. The summed E-state index contributed by atoms with van der Waals surface area (Å²) >= 11 is 1.36. The normalized spacial score (nSPS) is 10.1. The third-order valence-electron chi connectivity index (χ3n) is 2.08. The predicted molar refractivity (Wildman–Crippen MR) is 64.7 cm³/mol. The quantitative estimate of drug-likeness (QED) is 0.498. The van der Waals surface area contributed by atoms with Gasteiger partial charge < -0.3 is 15.2 Å². The molecule has 2 N–H and O–H groups in total. The molecule has 1 rings (SSSR count). The zero-order valence-corrected chi connectivity index (χ0v) is 10.5. The van der Waals surface area contributed by atoms with Gasteiger partial charge in [-0.25, -0.2) is 4.39 Å². The maximum Gasteiger partial charge on any atom is 0.306 e. The lowest BCUT2D eigenvalue weighted by atomic mass is 10.3. The van der Waals surface area contributed by atoms with Crippen molar-refractivity contribution in [1.82, 2.24) is 0 Å².